The number of fused-ring (bicyclic) bond motifs is 3. The number of benzene rings is 1. The van der Waals surface area contributed by atoms with E-state index in [0.717, 1.165) is 5.69 Å². The molecule has 0 amide bonds. The van der Waals surface area contributed by atoms with Crippen molar-refractivity contribution in [3.05, 3.63) is 29.8 Å². The molecular weight excluding hydrogens is 208 g/mol. The topological polar surface area (TPSA) is 81.6 Å². The summed E-state index contributed by atoms with van der Waals surface area (Å²) in [7, 11) is 0. The summed E-state index contributed by atoms with van der Waals surface area (Å²) in [5.74, 6) is -1.79. The van der Waals surface area contributed by atoms with Crippen molar-refractivity contribution in [2.24, 2.45) is 5.92 Å². The zero-order chi connectivity index (χ0) is 11.3. The molecule has 2 aliphatic heterocycles. The van der Waals surface area contributed by atoms with Gasteiger partial charge < -0.3 is 15.5 Å². The van der Waals surface area contributed by atoms with Crippen LogP contribution in [0, 0.1) is 5.92 Å². The summed E-state index contributed by atoms with van der Waals surface area (Å²) in [6, 6.07) is 7.27. The van der Waals surface area contributed by atoms with Gasteiger partial charge in [-0.05, 0) is 6.07 Å². The Morgan fingerprint density at radius 2 is 2.19 bits per heavy atom. The summed E-state index contributed by atoms with van der Waals surface area (Å²) in [6.45, 7) is 0.276. The molecule has 3 rings (SSSR count). The molecule has 5 heteroatoms. The maximum absolute atomic E-state index is 11.1. The first-order valence-electron chi connectivity index (χ1n) is 5.18. The van der Waals surface area contributed by atoms with Gasteiger partial charge in [0.2, 0.25) is 0 Å². The summed E-state index contributed by atoms with van der Waals surface area (Å²) in [6.07, 6.45) is -0.411. The van der Waals surface area contributed by atoms with Crippen LogP contribution >= 0.6 is 0 Å². The third kappa shape index (κ3) is 0.989. The molecule has 4 N–H and O–H groups in total. The van der Waals surface area contributed by atoms with Gasteiger partial charge in [0.15, 0.2) is 0 Å². The van der Waals surface area contributed by atoms with Crippen LogP contribution in [0.15, 0.2) is 24.3 Å². The van der Waals surface area contributed by atoms with Crippen molar-refractivity contribution in [2.45, 2.75) is 11.8 Å². The Morgan fingerprint density at radius 1 is 1.44 bits per heavy atom. The van der Waals surface area contributed by atoms with Gasteiger partial charge in [0.1, 0.15) is 17.7 Å². The number of nitrogens with one attached hydrogen (secondary N) is 2. The smallest absolute Gasteiger partial charge is 0.311 e. The SMILES string of the molecule is O=C(O)[C@@H]1CNC2Nc3ccccc3[C@]21O. The second kappa shape index (κ2) is 2.96. The van der Waals surface area contributed by atoms with E-state index in [-0.39, 0.29) is 6.54 Å². The molecule has 1 aromatic carbocycles. The summed E-state index contributed by atoms with van der Waals surface area (Å²) >= 11 is 0. The minimum absolute atomic E-state index is 0.276. The Labute approximate surface area is 92.1 Å². The van der Waals surface area contributed by atoms with Gasteiger partial charge in [-0.25, -0.2) is 0 Å². The van der Waals surface area contributed by atoms with Crippen LogP contribution in [0.25, 0.3) is 0 Å². The van der Waals surface area contributed by atoms with Crippen LogP contribution < -0.4 is 10.6 Å². The first-order valence-corrected chi connectivity index (χ1v) is 5.18. The Bertz CT molecular complexity index is 462. The number of hydrogen-bond acceptors (Lipinski definition) is 4. The van der Waals surface area contributed by atoms with E-state index >= 15 is 0 Å². The zero-order valence-corrected chi connectivity index (χ0v) is 8.47. The predicted octanol–water partition coefficient (Wildman–Crippen LogP) is -0.0702. The summed E-state index contributed by atoms with van der Waals surface area (Å²) < 4.78 is 0. The van der Waals surface area contributed by atoms with Gasteiger partial charge in [-0.1, -0.05) is 18.2 Å². The number of carboxylic acids is 1. The lowest BCUT2D eigenvalue weighted by atomic mass is 9.84. The highest BCUT2D eigenvalue weighted by atomic mass is 16.4. The van der Waals surface area contributed by atoms with Gasteiger partial charge in [0.25, 0.3) is 0 Å². The highest BCUT2D eigenvalue weighted by Crippen LogP contribution is 2.46. The molecule has 16 heavy (non-hydrogen) atoms. The van der Waals surface area contributed by atoms with E-state index in [0.29, 0.717) is 5.56 Å². The summed E-state index contributed by atoms with van der Waals surface area (Å²) in [5, 5.41) is 25.8. The number of aliphatic hydroxyl groups is 1. The van der Waals surface area contributed by atoms with Gasteiger partial charge in [-0.15, -0.1) is 0 Å². The highest BCUT2D eigenvalue weighted by Gasteiger charge is 2.58. The van der Waals surface area contributed by atoms with Crippen LogP contribution in [0.3, 0.4) is 0 Å². The fourth-order valence-electron chi connectivity index (χ4n) is 2.64. The van der Waals surface area contributed by atoms with E-state index in [2.05, 4.69) is 10.6 Å². The Kier molecular flexibility index (Phi) is 1.78. The first kappa shape index (κ1) is 9.62. The number of aliphatic carboxylic acids is 1. The molecule has 1 fully saturated rings. The van der Waals surface area contributed by atoms with Crippen molar-refractivity contribution >= 4 is 11.7 Å². The third-order valence-corrected chi connectivity index (χ3v) is 3.45. The van der Waals surface area contributed by atoms with E-state index in [1.165, 1.54) is 0 Å². The predicted molar refractivity (Wildman–Crippen MR) is 56.9 cm³/mol. The van der Waals surface area contributed by atoms with E-state index < -0.39 is 23.7 Å². The van der Waals surface area contributed by atoms with Crippen LogP contribution in [0.5, 0.6) is 0 Å². The Balaban J connectivity index is 2.14. The van der Waals surface area contributed by atoms with Gasteiger partial charge in [0, 0.05) is 17.8 Å². The van der Waals surface area contributed by atoms with Crippen molar-refractivity contribution in [1.82, 2.24) is 5.32 Å². The minimum atomic E-state index is -1.34. The van der Waals surface area contributed by atoms with Crippen LogP contribution in [0.2, 0.25) is 0 Å². The molecule has 0 radical (unpaired) electrons. The molecule has 2 aliphatic rings. The molecule has 0 aromatic heterocycles. The lowest BCUT2D eigenvalue weighted by molar-refractivity contribution is -0.149. The maximum atomic E-state index is 11.1. The molecule has 0 bridgehead atoms. The molecule has 1 aromatic rings. The molecule has 1 saturated heterocycles. The van der Waals surface area contributed by atoms with Gasteiger partial charge in [-0.2, -0.15) is 0 Å². The van der Waals surface area contributed by atoms with E-state index in [1.54, 1.807) is 12.1 Å². The molecule has 84 valence electrons. The summed E-state index contributed by atoms with van der Waals surface area (Å²) in [4.78, 5) is 11.1. The molecule has 0 aliphatic carbocycles. The largest absolute Gasteiger partial charge is 0.481 e. The average molecular weight is 220 g/mol. The second-order valence-corrected chi connectivity index (χ2v) is 4.25. The Morgan fingerprint density at radius 3 is 2.94 bits per heavy atom. The number of carbonyl (C=O) groups is 1. The van der Waals surface area contributed by atoms with E-state index in [4.69, 9.17) is 5.11 Å². The molecule has 0 saturated carbocycles. The lowest BCUT2D eigenvalue weighted by Crippen LogP contribution is -2.44. The maximum Gasteiger partial charge on any atom is 0.311 e. The van der Waals surface area contributed by atoms with Crippen molar-refractivity contribution in [1.29, 1.82) is 0 Å². The number of rotatable bonds is 1. The van der Waals surface area contributed by atoms with Gasteiger partial charge in [0.05, 0.1) is 0 Å². The zero-order valence-electron chi connectivity index (χ0n) is 8.47. The molecule has 1 unspecified atom stereocenters. The number of anilines is 1. The monoisotopic (exact) mass is 220 g/mol. The molecule has 0 spiro atoms. The summed E-state index contributed by atoms with van der Waals surface area (Å²) in [5.41, 5.74) is 0.119. The lowest BCUT2D eigenvalue weighted by Gasteiger charge is -2.26. The Hall–Kier alpha value is -1.59. The van der Waals surface area contributed by atoms with Gasteiger partial charge in [-0.3, -0.25) is 10.1 Å². The fourth-order valence-corrected chi connectivity index (χ4v) is 2.64. The molecule has 5 nitrogen and oxygen atoms in total. The normalized spacial score (nSPS) is 35.3. The highest BCUT2D eigenvalue weighted by molar-refractivity contribution is 5.76. The number of hydrogen-bond donors (Lipinski definition) is 4. The number of para-hydroxylation sites is 1. The van der Waals surface area contributed by atoms with Crippen LogP contribution in [0.4, 0.5) is 5.69 Å². The van der Waals surface area contributed by atoms with Crippen molar-refractivity contribution in [3.63, 3.8) is 0 Å². The van der Waals surface area contributed by atoms with Gasteiger partial charge >= 0.3 is 5.97 Å². The van der Waals surface area contributed by atoms with E-state index in [9.17, 15) is 9.90 Å². The van der Waals surface area contributed by atoms with E-state index in [1.807, 2.05) is 12.1 Å². The van der Waals surface area contributed by atoms with Crippen molar-refractivity contribution < 1.29 is 15.0 Å². The third-order valence-electron chi connectivity index (χ3n) is 3.45. The van der Waals surface area contributed by atoms with Crippen molar-refractivity contribution in [3.8, 4) is 0 Å². The van der Waals surface area contributed by atoms with Crippen LogP contribution in [-0.2, 0) is 10.4 Å². The second-order valence-electron chi connectivity index (χ2n) is 4.25. The fraction of sp³-hybridized carbons (Fsp3) is 0.364. The number of carboxylic acid groups (broad SMARTS) is 1. The molecular formula is C11H12N2O3. The van der Waals surface area contributed by atoms with Crippen molar-refractivity contribution in [2.75, 3.05) is 11.9 Å². The first-order chi connectivity index (χ1) is 7.64. The standard InChI is InChI=1S/C11H12N2O3/c14-9(15)7-5-12-10-11(7,16)6-3-1-2-4-8(6)13-10/h1-4,7,10,12-13,16H,5H2,(H,14,15)/t7-,10?,11+/m0/s1. The van der Waals surface area contributed by atoms with Crippen LogP contribution in [-0.4, -0.2) is 28.9 Å². The quantitative estimate of drug-likeness (QED) is 0.532. The molecule has 3 atom stereocenters. The average Bonchev–Trinajstić information content (AvgIpc) is 2.70. The van der Waals surface area contributed by atoms with Crippen LogP contribution in [0.1, 0.15) is 5.56 Å². The molecule has 2 heterocycles. The minimum Gasteiger partial charge on any atom is -0.481 e.